The minimum Gasteiger partial charge on any atom is -0.380 e. The van der Waals surface area contributed by atoms with Gasteiger partial charge in [0, 0.05) is 19.2 Å². The van der Waals surface area contributed by atoms with Gasteiger partial charge < -0.3 is 4.74 Å². The van der Waals surface area contributed by atoms with E-state index in [-0.39, 0.29) is 23.5 Å². The van der Waals surface area contributed by atoms with Gasteiger partial charge in [0.25, 0.3) is 0 Å². The molecule has 1 aliphatic heterocycles. The molecule has 1 fully saturated rings. The number of nitrogens with zero attached hydrogens (tertiary/aromatic N) is 1. The number of hydrogen-bond donors (Lipinski definition) is 0. The lowest BCUT2D eigenvalue weighted by atomic mass is 10.0. The van der Waals surface area contributed by atoms with Crippen LogP contribution in [0.3, 0.4) is 0 Å². The van der Waals surface area contributed by atoms with Gasteiger partial charge in [-0.25, -0.2) is 8.78 Å². The van der Waals surface area contributed by atoms with Gasteiger partial charge in [-0.2, -0.15) is 0 Å². The van der Waals surface area contributed by atoms with E-state index in [0.717, 1.165) is 31.5 Å². The first kappa shape index (κ1) is 15.1. The zero-order valence-corrected chi connectivity index (χ0v) is 11.7. The fraction of sp³-hybridized carbons (Fsp3) is 0.533. The summed E-state index contributed by atoms with van der Waals surface area (Å²) >= 11 is 0. The monoisotopic (exact) mass is 283 g/mol. The molecule has 1 heterocycles. The van der Waals surface area contributed by atoms with Crippen LogP contribution < -0.4 is 0 Å². The molecule has 3 nitrogen and oxygen atoms in total. The number of carbonyl (C=O) groups is 1. The number of ketones is 1. The van der Waals surface area contributed by atoms with Crippen LogP contribution in [0.4, 0.5) is 8.78 Å². The number of ether oxygens (including phenoxy) is 1. The summed E-state index contributed by atoms with van der Waals surface area (Å²) in [4.78, 5) is 14.4. The summed E-state index contributed by atoms with van der Waals surface area (Å²) in [5.74, 6) is -2.12. The Kier molecular flexibility index (Phi) is 4.83. The summed E-state index contributed by atoms with van der Waals surface area (Å²) in [7, 11) is 1.66. The molecule has 0 radical (unpaired) electrons. The molecule has 110 valence electrons. The van der Waals surface area contributed by atoms with E-state index >= 15 is 0 Å². The second kappa shape index (κ2) is 6.41. The SMILES string of the molecule is COC1CCCN(C(C)C(=O)c2ccc(F)c(F)c2)C1. The molecule has 0 bridgehead atoms. The van der Waals surface area contributed by atoms with E-state index in [1.54, 1.807) is 14.0 Å². The van der Waals surface area contributed by atoms with Crippen LogP contribution in [0.5, 0.6) is 0 Å². The number of piperidine rings is 1. The molecule has 0 N–H and O–H groups in total. The van der Waals surface area contributed by atoms with Gasteiger partial charge in [-0.05, 0) is 44.5 Å². The maximum atomic E-state index is 13.2. The Morgan fingerprint density at radius 3 is 2.80 bits per heavy atom. The third-order valence-corrected chi connectivity index (χ3v) is 3.87. The predicted molar refractivity (Wildman–Crippen MR) is 71.8 cm³/mol. The number of hydrogen-bond acceptors (Lipinski definition) is 3. The Labute approximate surface area is 117 Å². The molecule has 1 aromatic carbocycles. The highest BCUT2D eigenvalue weighted by Crippen LogP contribution is 2.18. The highest BCUT2D eigenvalue weighted by atomic mass is 19.2. The maximum Gasteiger partial charge on any atom is 0.179 e. The maximum absolute atomic E-state index is 13.2. The molecule has 0 aliphatic carbocycles. The van der Waals surface area contributed by atoms with Crippen molar-refractivity contribution in [3.63, 3.8) is 0 Å². The summed E-state index contributed by atoms with van der Waals surface area (Å²) in [6.45, 7) is 3.30. The molecular weight excluding hydrogens is 264 g/mol. The van der Waals surface area contributed by atoms with Gasteiger partial charge in [0.15, 0.2) is 17.4 Å². The van der Waals surface area contributed by atoms with Crippen molar-refractivity contribution >= 4 is 5.78 Å². The second-order valence-corrected chi connectivity index (χ2v) is 5.16. The quantitative estimate of drug-likeness (QED) is 0.796. The third kappa shape index (κ3) is 3.22. The third-order valence-electron chi connectivity index (χ3n) is 3.87. The second-order valence-electron chi connectivity index (χ2n) is 5.16. The van der Waals surface area contributed by atoms with Crippen molar-refractivity contribution in [1.29, 1.82) is 0 Å². The minimum absolute atomic E-state index is 0.129. The number of benzene rings is 1. The normalized spacial score (nSPS) is 21.7. The Morgan fingerprint density at radius 1 is 1.40 bits per heavy atom. The lowest BCUT2D eigenvalue weighted by Gasteiger charge is -2.35. The molecule has 1 saturated heterocycles. The highest BCUT2D eigenvalue weighted by Gasteiger charge is 2.28. The topological polar surface area (TPSA) is 29.5 Å². The molecule has 0 spiro atoms. The summed E-state index contributed by atoms with van der Waals surface area (Å²) < 4.78 is 31.4. The molecule has 2 unspecified atom stereocenters. The Morgan fingerprint density at radius 2 is 2.15 bits per heavy atom. The minimum atomic E-state index is -0.989. The van der Waals surface area contributed by atoms with Crippen molar-refractivity contribution in [3.05, 3.63) is 35.4 Å². The van der Waals surface area contributed by atoms with Crippen LogP contribution in [0.15, 0.2) is 18.2 Å². The number of carbonyl (C=O) groups excluding carboxylic acids is 1. The molecular formula is C15H19F2NO2. The molecule has 1 aliphatic rings. The molecule has 0 aromatic heterocycles. The predicted octanol–water partition coefficient (Wildman–Crippen LogP) is 2.65. The standard InChI is InChI=1S/C15H19F2NO2/c1-10(18-7-3-4-12(9-18)20-2)15(19)11-5-6-13(16)14(17)8-11/h5-6,8,10,12H,3-4,7,9H2,1-2H3. The first-order valence-electron chi connectivity index (χ1n) is 6.79. The van der Waals surface area contributed by atoms with E-state index in [2.05, 4.69) is 0 Å². The molecule has 0 saturated carbocycles. The summed E-state index contributed by atoms with van der Waals surface area (Å²) in [6, 6.07) is 2.92. The molecule has 2 atom stereocenters. The van der Waals surface area contributed by atoms with Gasteiger partial charge in [0.1, 0.15) is 0 Å². The number of halogens is 2. The molecule has 20 heavy (non-hydrogen) atoms. The van der Waals surface area contributed by atoms with E-state index in [1.165, 1.54) is 6.07 Å². The molecule has 2 rings (SSSR count). The smallest absolute Gasteiger partial charge is 0.179 e. The Bertz CT molecular complexity index is 493. The van der Waals surface area contributed by atoms with Gasteiger partial charge in [0.05, 0.1) is 12.1 Å². The summed E-state index contributed by atoms with van der Waals surface area (Å²) in [5.41, 5.74) is 0.205. The Balaban J connectivity index is 2.09. The summed E-state index contributed by atoms with van der Waals surface area (Å²) in [5, 5.41) is 0. The van der Waals surface area contributed by atoms with E-state index in [9.17, 15) is 13.6 Å². The van der Waals surface area contributed by atoms with E-state index in [1.807, 2.05) is 4.90 Å². The van der Waals surface area contributed by atoms with Crippen molar-refractivity contribution in [2.45, 2.75) is 31.9 Å². The number of rotatable bonds is 4. The van der Waals surface area contributed by atoms with Crippen LogP contribution in [-0.2, 0) is 4.74 Å². The van der Waals surface area contributed by atoms with Crippen LogP contribution in [0.1, 0.15) is 30.1 Å². The van der Waals surface area contributed by atoms with Crippen LogP contribution >= 0.6 is 0 Å². The fourth-order valence-electron chi connectivity index (χ4n) is 2.57. The molecule has 1 aromatic rings. The van der Waals surface area contributed by atoms with E-state index in [0.29, 0.717) is 6.54 Å². The van der Waals surface area contributed by atoms with Crippen LogP contribution in [-0.4, -0.2) is 43.0 Å². The molecule has 5 heteroatoms. The van der Waals surface area contributed by atoms with Crippen molar-refractivity contribution in [2.75, 3.05) is 20.2 Å². The first-order chi connectivity index (χ1) is 9.52. The number of methoxy groups -OCH3 is 1. The largest absolute Gasteiger partial charge is 0.380 e. The average Bonchev–Trinajstić information content (AvgIpc) is 2.48. The van der Waals surface area contributed by atoms with Gasteiger partial charge >= 0.3 is 0 Å². The zero-order valence-electron chi connectivity index (χ0n) is 11.7. The lowest BCUT2D eigenvalue weighted by Crippen LogP contribution is -2.47. The van der Waals surface area contributed by atoms with Gasteiger partial charge in [-0.15, -0.1) is 0 Å². The summed E-state index contributed by atoms with van der Waals surface area (Å²) in [6.07, 6.45) is 2.08. The van der Waals surface area contributed by atoms with Crippen molar-refractivity contribution in [2.24, 2.45) is 0 Å². The van der Waals surface area contributed by atoms with Crippen molar-refractivity contribution in [3.8, 4) is 0 Å². The van der Waals surface area contributed by atoms with Crippen molar-refractivity contribution < 1.29 is 18.3 Å². The van der Waals surface area contributed by atoms with E-state index < -0.39 is 11.6 Å². The van der Waals surface area contributed by atoms with Crippen LogP contribution in [0.2, 0.25) is 0 Å². The van der Waals surface area contributed by atoms with E-state index in [4.69, 9.17) is 4.74 Å². The zero-order chi connectivity index (χ0) is 14.7. The number of Topliss-reactive ketones (excluding diaryl/α,β-unsaturated/α-hetero) is 1. The van der Waals surface area contributed by atoms with Gasteiger partial charge in [0.2, 0.25) is 0 Å². The van der Waals surface area contributed by atoms with Crippen molar-refractivity contribution in [1.82, 2.24) is 4.90 Å². The highest BCUT2D eigenvalue weighted by molar-refractivity contribution is 5.99. The molecule has 0 amide bonds. The van der Waals surface area contributed by atoms with Crippen LogP contribution in [0.25, 0.3) is 0 Å². The lowest BCUT2D eigenvalue weighted by molar-refractivity contribution is 0.0182. The fourth-order valence-corrected chi connectivity index (χ4v) is 2.57. The van der Waals surface area contributed by atoms with Gasteiger partial charge in [-0.3, -0.25) is 9.69 Å². The van der Waals surface area contributed by atoms with Gasteiger partial charge in [-0.1, -0.05) is 0 Å². The Hall–Kier alpha value is -1.33. The number of likely N-dealkylation sites (tertiary alicyclic amines) is 1. The first-order valence-corrected chi connectivity index (χ1v) is 6.79. The van der Waals surface area contributed by atoms with Crippen LogP contribution in [0, 0.1) is 11.6 Å². The average molecular weight is 283 g/mol.